The molecule has 1 rings (SSSR count). The third-order valence-corrected chi connectivity index (χ3v) is 3.47. The van der Waals surface area contributed by atoms with E-state index in [1.54, 1.807) is 6.07 Å². The van der Waals surface area contributed by atoms with Crippen molar-refractivity contribution in [3.63, 3.8) is 0 Å². The molecular formula is C13H18ClNOS. The Morgan fingerprint density at radius 3 is 2.76 bits per heavy atom. The van der Waals surface area contributed by atoms with Gasteiger partial charge in [-0.05, 0) is 31.0 Å². The van der Waals surface area contributed by atoms with Crippen molar-refractivity contribution in [3.05, 3.63) is 29.3 Å². The molecule has 1 aromatic rings. The lowest BCUT2D eigenvalue weighted by Crippen LogP contribution is -2.30. The van der Waals surface area contributed by atoms with Crippen LogP contribution in [0, 0.1) is 5.41 Å². The van der Waals surface area contributed by atoms with E-state index in [-0.39, 0.29) is 5.41 Å². The third kappa shape index (κ3) is 4.92. The highest BCUT2D eigenvalue weighted by molar-refractivity contribution is 7.80. The average Bonchev–Trinajstić information content (AvgIpc) is 2.24. The van der Waals surface area contributed by atoms with Crippen LogP contribution >= 0.6 is 23.8 Å². The Balaban J connectivity index is 2.32. The molecule has 0 radical (unpaired) electrons. The second-order valence-corrected chi connectivity index (χ2v) is 5.53. The van der Waals surface area contributed by atoms with Crippen LogP contribution < -0.4 is 10.5 Å². The summed E-state index contributed by atoms with van der Waals surface area (Å²) in [6, 6.07) is 7.39. The van der Waals surface area contributed by atoms with E-state index < -0.39 is 0 Å². The molecule has 0 saturated carbocycles. The third-order valence-electron chi connectivity index (χ3n) is 2.68. The maximum absolute atomic E-state index is 5.86. The van der Waals surface area contributed by atoms with E-state index in [4.69, 9.17) is 34.3 Å². The Kier molecular flexibility index (Phi) is 5.22. The van der Waals surface area contributed by atoms with Gasteiger partial charge in [0.2, 0.25) is 0 Å². The second kappa shape index (κ2) is 6.22. The minimum absolute atomic E-state index is 0.104. The summed E-state index contributed by atoms with van der Waals surface area (Å²) < 4.78 is 5.59. The Bertz CT molecular complexity index is 393. The van der Waals surface area contributed by atoms with Gasteiger partial charge in [-0.2, -0.15) is 0 Å². The molecular weight excluding hydrogens is 254 g/mol. The lowest BCUT2D eigenvalue weighted by molar-refractivity contribution is 0.288. The zero-order chi connectivity index (χ0) is 12.9. The van der Waals surface area contributed by atoms with Crippen LogP contribution in [-0.2, 0) is 0 Å². The van der Waals surface area contributed by atoms with Gasteiger partial charge in [-0.25, -0.2) is 0 Å². The van der Waals surface area contributed by atoms with E-state index in [0.717, 1.165) is 18.6 Å². The number of rotatable bonds is 6. The molecule has 0 aliphatic carbocycles. The van der Waals surface area contributed by atoms with Gasteiger partial charge in [-0.15, -0.1) is 0 Å². The van der Waals surface area contributed by atoms with Gasteiger partial charge in [0.05, 0.1) is 11.6 Å². The molecule has 0 spiro atoms. The van der Waals surface area contributed by atoms with Crippen molar-refractivity contribution < 1.29 is 4.74 Å². The van der Waals surface area contributed by atoms with Gasteiger partial charge in [-0.1, -0.05) is 43.7 Å². The largest absolute Gasteiger partial charge is 0.494 e. The minimum atomic E-state index is -0.104. The second-order valence-electron chi connectivity index (χ2n) is 4.66. The lowest BCUT2D eigenvalue weighted by atomic mass is 9.88. The normalized spacial score (nSPS) is 11.2. The van der Waals surface area contributed by atoms with Crippen LogP contribution in [0.2, 0.25) is 5.02 Å². The quantitative estimate of drug-likeness (QED) is 0.631. The van der Waals surface area contributed by atoms with Crippen LogP contribution in [-0.4, -0.2) is 11.6 Å². The summed E-state index contributed by atoms with van der Waals surface area (Å²) in [7, 11) is 0. The molecule has 17 heavy (non-hydrogen) atoms. The highest BCUT2D eigenvalue weighted by Gasteiger charge is 2.20. The highest BCUT2D eigenvalue weighted by Crippen LogP contribution is 2.23. The Morgan fingerprint density at radius 1 is 1.47 bits per heavy atom. The number of halogens is 1. The van der Waals surface area contributed by atoms with Gasteiger partial charge in [-0.3, -0.25) is 0 Å². The Labute approximate surface area is 113 Å². The highest BCUT2D eigenvalue weighted by atomic mass is 35.5. The molecule has 0 amide bonds. The number of ether oxygens (including phenoxy) is 1. The number of hydrogen-bond donors (Lipinski definition) is 1. The Hall–Kier alpha value is -0.800. The molecule has 94 valence electrons. The lowest BCUT2D eigenvalue weighted by Gasteiger charge is -2.22. The zero-order valence-electron chi connectivity index (χ0n) is 10.2. The number of hydrogen-bond acceptors (Lipinski definition) is 2. The first-order valence-electron chi connectivity index (χ1n) is 5.60. The molecule has 0 unspecified atom stereocenters. The molecule has 0 saturated heterocycles. The smallest absolute Gasteiger partial charge is 0.120 e. The maximum Gasteiger partial charge on any atom is 0.120 e. The standard InChI is InChI=1S/C13H18ClNOS/c1-13(2,12(15)17)7-4-8-16-11-6-3-5-10(14)9-11/h3,5-6,9H,4,7-8H2,1-2H3,(H2,15,17). The van der Waals surface area contributed by atoms with Gasteiger partial charge < -0.3 is 10.5 Å². The van der Waals surface area contributed by atoms with E-state index in [1.165, 1.54) is 0 Å². The minimum Gasteiger partial charge on any atom is -0.494 e. The van der Waals surface area contributed by atoms with Crippen LogP contribution in [0.1, 0.15) is 26.7 Å². The van der Waals surface area contributed by atoms with Gasteiger partial charge in [0, 0.05) is 10.4 Å². The van der Waals surface area contributed by atoms with Crippen molar-refractivity contribution in [2.75, 3.05) is 6.61 Å². The summed E-state index contributed by atoms with van der Waals surface area (Å²) >= 11 is 10.9. The number of nitrogens with two attached hydrogens (primary N) is 1. The van der Waals surface area contributed by atoms with Gasteiger partial charge in [0.25, 0.3) is 0 Å². The van der Waals surface area contributed by atoms with Crippen LogP contribution in [0.5, 0.6) is 5.75 Å². The molecule has 0 atom stereocenters. The van der Waals surface area contributed by atoms with E-state index >= 15 is 0 Å². The SMILES string of the molecule is CC(C)(CCCOc1cccc(Cl)c1)C(N)=S. The van der Waals surface area contributed by atoms with Gasteiger partial charge in [0.15, 0.2) is 0 Å². The summed E-state index contributed by atoms with van der Waals surface area (Å²) in [5, 5.41) is 0.686. The monoisotopic (exact) mass is 271 g/mol. The van der Waals surface area contributed by atoms with Crippen molar-refractivity contribution >= 4 is 28.8 Å². The molecule has 2 N–H and O–H groups in total. The molecule has 2 nitrogen and oxygen atoms in total. The van der Waals surface area contributed by atoms with Crippen LogP contribution in [0.15, 0.2) is 24.3 Å². The first kappa shape index (κ1) is 14.3. The number of benzene rings is 1. The van der Waals surface area contributed by atoms with Crippen LogP contribution in [0.25, 0.3) is 0 Å². The summed E-state index contributed by atoms with van der Waals surface area (Å²) in [6.07, 6.45) is 1.83. The van der Waals surface area contributed by atoms with E-state index in [2.05, 4.69) is 13.8 Å². The van der Waals surface area contributed by atoms with Crippen LogP contribution in [0.4, 0.5) is 0 Å². The summed E-state index contributed by atoms with van der Waals surface area (Å²) in [6.45, 7) is 4.75. The predicted molar refractivity (Wildman–Crippen MR) is 76.7 cm³/mol. The fourth-order valence-electron chi connectivity index (χ4n) is 1.38. The van der Waals surface area contributed by atoms with E-state index in [1.807, 2.05) is 18.2 Å². The molecule has 0 aliphatic rings. The topological polar surface area (TPSA) is 35.2 Å². The Morgan fingerprint density at radius 2 is 2.18 bits per heavy atom. The first-order valence-corrected chi connectivity index (χ1v) is 6.39. The zero-order valence-corrected chi connectivity index (χ0v) is 11.8. The van der Waals surface area contributed by atoms with Crippen molar-refractivity contribution in [2.24, 2.45) is 11.1 Å². The van der Waals surface area contributed by atoms with E-state index in [0.29, 0.717) is 16.6 Å². The van der Waals surface area contributed by atoms with Crippen molar-refractivity contribution in [1.82, 2.24) is 0 Å². The molecule has 0 aromatic heterocycles. The maximum atomic E-state index is 5.86. The predicted octanol–water partition coefficient (Wildman–Crippen LogP) is 3.81. The van der Waals surface area contributed by atoms with Gasteiger partial charge in [0.1, 0.15) is 5.75 Å². The molecule has 1 aromatic carbocycles. The fraction of sp³-hybridized carbons (Fsp3) is 0.462. The molecule has 4 heteroatoms. The summed E-state index contributed by atoms with van der Waals surface area (Å²) in [4.78, 5) is 0.556. The molecule has 0 heterocycles. The summed E-state index contributed by atoms with van der Waals surface area (Å²) in [5.41, 5.74) is 5.55. The molecule has 0 fully saturated rings. The van der Waals surface area contributed by atoms with Crippen molar-refractivity contribution in [1.29, 1.82) is 0 Å². The molecule has 0 aliphatic heterocycles. The van der Waals surface area contributed by atoms with E-state index in [9.17, 15) is 0 Å². The van der Waals surface area contributed by atoms with Crippen molar-refractivity contribution in [2.45, 2.75) is 26.7 Å². The summed E-state index contributed by atoms with van der Waals surface area (Å²) in [5.74, 6) is 0.797. The van der Waals surface area contributed by atoms with Crippen LogP contribution in [0.3, 0.4) is 0 Å². The molecule has 0 bridgehead atoms. The van der Waals surface area contributed by atoms with Gasteiger partial charge >= 0.3 is 0 Å². The van der Waals surface area contributed by atoms with Crippen molar-refractivity contribution in [3.8, 4) is 5.75 Å². The average molecular weight is 272 g/mol. The fourth-order valence-corrected chi connectivity index (χ4v) is 1.67. The first-order chi connectivity index (χ1) is 7.92. The number of thiocarbonyl (C=S) groups is 1.